The highest BCUT2D eigenvalue weighted by Crippen LogP contribution is 2.19. The molecule has 0 saturated carbocycles. The summed E-state index contributed by atoms with van der Waals surface area (Å²) >= 11 is 0. The predicted molar refractivity (Wildman–Crippen MR) is 68.6 cm³/mol. The molecule has 0 aromatic rings. The molecule has 0 aromatic carbocycles. The van der Waals surface area contributed by atoms with Crippen molar-refractivity contribution in [1.29, 1.82) is 0 Å². The normalized spacial score (nSPS) is 28.7. The Morgan fingerprint density at radius 1 is 1.31 bits per heavy atom. The van der Waals surface area contributed by atoms with E-state index in [9.17, 15) is 5.11 Å². The van der Waals surface area contributed by atoms with Crippen LogP contribution in [0.3, 0.4) is 0 Å². The highest BCUT2D eigenvalue weighted by Gasteiger charge is 2.30. The summed E-state index contributed by atoms with van der Waals surface area (Å²) < 4.78 is 0. The van der Waals surface area contributed by atoms with Crippen LogP contribution in [0.5, 0.6) is 0 Å². The highest BCUT2D eigenvalue weighted by molar-refractivity contribution is 4.85. The number of nitrogens with zero attached hydrogens (tertiary/aromatic N) is 2. The van der Waals surface area contributed by atoms with Crippen molar-refractivity contribution in [3.8, 4) is 0 Å². The molecule has 0 aliphatic carbocycles. The SMILES string of the molecule is CCCC(C)C(O)C1CN(C)CCCN1C. The van der Waals surface area contributed by atoms with Crippen molar-refractivity contribution in [2.75, 3.05) is 33.7 Å². The van der Waals surface area contributed by atoms with E-state index in [1.165, 1.54) is 6.42 Å². The third kappa shape index (κ3) is 3.72. The average Bonchev–Trinajstić information content (AvgIpc) is 2.40. The summed E-state index contributed by atoms with van der Waals surface area (Å²) in [6, 6.07) is 0.300. The van der Waals surface area contributed by atoms with Crippen molar-refractivity contribution in [1.82, 2.24) is 9.80 Å². The van der Waals surface area contributed by atoms with Crippen molar-refractivity contribution in [2.45, 2.75) is 45.3 Å². The lowest BCUT2D eigenvalue weighted by Crippen LogP contribution is -2.48. The Morgan fingerprint density at radius 3 is 2.62 bits per heavy atom. The summed E-state index contributed by atoms with van der Waals surface area (Å²) in [7, 11) is 4.30. The molecule has 1 fully saturated rings. The fourth-order valence-corrected chi connectivity index (χ4v) is 2.68. The Hall–Kier alpha value is -0.120. The fourth-order valence-electron chi connectivity index (χ4n) is 2.68. The van der Waals surface area contributed by atoms with Crippen LogP contribution >= 0.6 is 0 Å². The molecule has 1 aliphatic heterocycles. The predicted octanol–water partition coefficient (Wildman–Crippen LogP) is 1.42. The molecule has 0 aromatic heterocycles. The monoisotopic (exact) mass is 228 g/mol. The van der Waals surface area contributed by atoms with Crippen LogP contribution in [0, 0.1) is 5.92 Å². The van der Waals surface area contributed by atoms with Gasteiger partial charge in [-0.25, -0.2) is 0 Å². The molecule has 96 valence electrons. The Bertz CT molecular complexity index is 198. The molecule has 1 saturated heterocycles. The van der Waals surface area contributed by atoms with Gasteiger partial charge in [-0.1, -0.05) is 20.3 Å². The van der Waals surface area contributed by atoms with Crippen LogP contribution in [0.1, 0.15) is 33.1 Å². The minimum Gasteiger partial charge on any atom is -0.391 e. The van der Waals surface area contributed by atoms with Crippen molar-refractivity contribution in [3.63, 3.8) is 0 Å². The first-order valence-electron chi connectivity index (χ1n) is 6.63. The van der Waals surface area contributed by atoms with E-state index in [1.54, 1.807) is 0 Å². The molecule has 1 heterocycles. The summed E-state index contributed by atoms with van der Waals surface area (Å²) in [5, 5.41) is 10.4. The zero-order chi connectivity index (χ0) is 12.1. The first-order chi connectivity index (χ1) is 7.56. The number of likely N-dealkylation sites (N-methyl/N-ethyl adjacent to an activating group) is 2. The maximum atomic E-state index is 10.4. The summed E-state index contributed by atoms with van der Waals surface area (Å²) in [4.78, 5) is 4.68. The third-order valence-corrected chi connectivity index (χ3v) is 3.84. The van der Waals surface area contributed by atoms with Crippen LogP contribution in [0.2, 0.25) is 0 Å². The molecule has 0 bridgehead atoms. The van der Waals surface area contributed by atoms with Crippen LogP contribution in [-0.2, 0) is 0 Å². The maximum Gasteiger partial charge on any atom is 0.0733 e. The lowest BCUT2D eigenvalue weighted by Gasteiger charge is -2.34. The van der Waals surface area contributed by atoms with Crippen molar-refractivity contribution >= 4 is 0 Å². The largest absolute Gasteiger partial charge is 0.391 e. The van der Waals surface area contributed by atoms with Gasteiger partial charge in [0, 0.05) is 12.6 Å². The molecule has 0 amide bonds. The summed E-state index contributed by atoms with van der Waals surface area (Å²) in [5.41, 5.74) is 0. The van der Waals surface area contributed by atoms with Gasteiger partial charge in [0.1, 0.15) is 0 Å². The Balaban J connectivity index is 2.59. The molecule has 0 radical (unpaired) electrons. The molecule has 3 unspecified atom stereocenters. The van der Waals surface area contributed by atoms with Crippen molar-refractivity contribution in [2.24, 2.45) is 5.92 Å². The van der Waals surface area contributed by atoms with E-state index >= 15 is 0 Å². The van der Waals surface area contributed by atoms with Gasteiger partial charge >= 0.3 is 0 Å². The Morgan fingerprint density at radius 2 is 2.00 bits per heavy atom. The zero-order valence-corrected chi connectivity index (χ0v) is 11.3. The summed E-state index contributed by atoms with van der Waals surface area (Å²) in [5.74, 6) is 0.406. The van der Waals surface area contributed by atoms with Gasteiger partial charge in [-0.05, 0) is 45.9 Å². The first-order valence-corrected chi connectivity index (χ1v) is 6.63. The number of aliphatic hydroxyl groups is 1. The van der Waals surface area contributed by atoms with Gasteiger partial charge in [0.05, 0.1) is 6.10 Å². The molecule has 3 heteroatoms. The minimum absolute atomic E-state index is 0.189. The Labute approximate surface area is 100 Å². The quantitative estimate of drug-likeness (QED) is 0.788. The van der Waals surface area contributed by atoms with Crippen molar-refractivity contribution in [3.05, 3.63) is 0 Å². The van der Waals surface area contributed by atoms with Gasteiger partial charge in [0.2, 0.25) is 0 Å². The van der Waals surface area contributed by atoms with E-state index in [0.29, 0.717) is 12.0 Å². The number of hydrogen-bond donors (Lipinski definition) is 1. The molecule has 1 N–H and O–H groups in total. The maximum absolute atomic E-state index is 10.4. The van der Waals surface area contributed by atoms with Crippen LogP contribution < -0.4 is 0 Å². The average molecular weight is 228 g/mol. The molecular weight excluding hydrogens is 200 g/mol. The van der Waals surface area contributed by atoms with Gasteiger partial charge in [-0.15, -0.1) is 0 Å². The second-order valence-corrected chi connectivity index (χ2v) is 5.42. The van der Waals surface area contributed by atoms with Crippen LogP contribution in [0.25, 0.3) is 0 Å². The van der Waals surface area contributed by atoms with Gasteiger partial charge in [0.15, 0.2) is 0 Å². The van der Waals surface area contributed by atoms with E-state index in [4.69, 9.17) is 0 Å². The second-order valence-electron chi connectivity index (χ2n) is 5.42. The number of hydrogen-bond acceptors (Lipinski definition) is 3. The third-order valence-electron chi connectivity index (χ3n) is 3.84. The molecule has 3 nitrogen and oxygen atoms in total. The van der Waals surface area contributed by atoms with E-state index in [0.717, 1.165) is 32.5 Å². The highest BCUT2D eigenvalue weighted by atomic mass is 16.3. The van der Waals surface area contributed by atoms with E-state index in [-0.39, 0.29) is 6.10 Å². The van der Waals surface area contributed by atoms with E-state index in [1.807, 2.05) is 0 Å². The van der Waals surface area contributed by atoms with Gasteiger partial charge in [0.25, 0.3) is 0 Å². The fraction of sp³-hybridized carbons (Fsp3) is 1.00. The van der Waals surface area contributed by atoms with Crippen LogP contribution in [-0.4, -0.2) is 60.8 Å². The van der Waals surface area contributed by atoms with Crippen molar-refractivity contribution < 1.29 is 5.11 Å². The zero-order valence-electron chi connectivity index (χ0n) is 11.3. The minimum atomic E-state index is -0.189. The molecule has 1 aliphatic rings. The van der Waals surface area contributed by atoms with Gasteiger partial charge in [-0.2, -0.15) is 0 Å². The standard InChI is InChI=1S/C13H28N2O/c1-5-7-11(2)13(16)12-10-14(3)8-6-9-15(12)4/h11-13,16H,5-10H2,1-4H3. The second kappa shape index (κ2) is 6.58. The smallest absolute Gasteiger partial charge is 0.0733 e. The summed E-state index contributed by atoms with van der Waals surface area (Å²) in [6.07, 6.45) is 3.29. The number of rotatable bonds is 4. The topological polar surface area (TPSA) is 26.7 Å². The molecule has 3 atom stereocenters. The Kier molecular flexibility index (Phi) is 5.73. The number of aliphatic hydroxyl groups excluding tert-OH is 1. The molecule has 0 spiro atoms. The van der Waals surface area contributed by atoms with Gasteiger partial charge in [-0.3, -0.25) is 4.90 Å². The summed E-state index contributed by atoms with van der Waals surface area (Å²) in [6.45, 7) is 7.60. The molecule has 16 heavy (non-hydrogen) atoms. The molecular formula is C13H28N2O. The van der Waals surface area contributed by atoms with E-state index in [2.05, 4.69) is 37.7 Å². The van der Waals surface area contributed by atoms with Gasteiger partial charge < -0.3 is 10.0 Å². The lowest BCUT2D eigenvalue weighted by molar-refractivity contribution is 0.0186. The van der Waals surface area contributed by atoms with Crippen LogP contribution in [0.4, 0.5) is 0 Å². The first kappa shape index (κ1) is 13.9. The molecule has 1 rings (SSSR count). The lowest BCUT2D eigenvalue weighted by atomic mass is 9.93. The van der Waals surface area contributed by atoms with E-state index < -0.39 is 0 Å². The van der Waals surface area contributed by atoms with Crippen LogP contribution in [0.15, 0.2) is 0 Å².